The van der Waals surface area contributed by atoms with E-state index >= 15 is 0 Å². The molecule has 1 aromatic carbocycles. The van der Waals surface area contributed by atoms with Gasteiger partial charge < -0.3 is 4.98 Å². The first-order valence-corrected chi connectivity index (χ1v) is 7.07. The predicted molar refractivity (Wildman–Crippen MR) is 84.1 cm³/mol. The van der Waals surface area contributed by atoms with Crippen molar-refractivity contribution in [3.05, 3.63) is 64.4 Å². The van der Waals surface area contributed by atoms with E-state index in [4.69, 9.17) is 11.6 Å². The number of halogens is 1. The zero-order valence-electron chi connectivity index (χ0n) is 11.3. The molecule has 0 saturated heterocycles. The highest BCUT2D eigenvalue weighted by atomic mass is 35.5. The Balaban J connectivity index is 1.75. The maximum atomic E-state index is 11.9. The number of hydrogen-bond acceptors (Lipinski definition) is 2. The molecule has 2 N–H and O–H groups in total. The largest absolute Gasteiger partial charge is 0.360 e. The van der Waals surface area contributed by atoms with Gasteiger partial charge in [-0.2, -0.15) is 5.10 Å². The fraction of sp³-hybridized carbons (Fsp3) is 0.125. The Bertz CT molecular complexity index is 716. The van der Waals surface area contributed by atoms with Crippen LogP contribution in [-0.4, -0.2) is 16.6 Å². The zero-order valence-corrected chi connectivity index (χ0v) is 12.0. The van der Waals surface area contributed by atoms with Gasteiger partial charge in [0.1, 0.15) is 0 Å². The minimum atomic E-state index is -0.177. The van der Waals surface area contributed by atoms with Crippen molar-refractivity contribution < 1.29 is 4.79 Å². The topological polar surface area (TPSA) is 57.2 Å². The standard InChI is InChI=1S/C16H14ClN3O/c17-12-8-13(18-10-12)9-14-15(19-20-16(14)21)7-6-11-4-2-1-3-5-11/h1-5,8-10,18H,6-7H2,(H,20,21). The summed E-state index contributed by atoms with van der Waals surface area (Å²) in [7, 11) is 0. The van der Waals surface area contributed by atoms with Crippen LogP contribution < -0.4 is 5.43 Å². The maximum absolute atomic E-state index is 11.9. The van der Waals surface area contributed by atoms with Crippen LogP contribution in [0, 0.1) is 0 Å². The van der Waals surface area contributed by atoms with Crippen LogP contribution in [0.15, 0.2) is 53.3 Å². The van der Waals surface area contributed by atoms with Crippen LogP contribution in [0.25, 0.3) is 6.08 Å². The van der Waals surface area contributed by atoms with Crippen LogP contribution in [0.4, 0.5) is 0 Å². The summed E-state index contributed by atoms with van der Waals surface area (Å²) in [5.41, 5.74) is 5.89. The highest BCUT2D eigenvalue weighted by molar-refractivity contribution is 6.31. The fourth-order valence-corrected chi connectivity index (χ4v) is 2.41. The lowest BCUT2D eigenvalue weighted by Gasteiger charge is -2.02. The summed E-state index contributed by atoms with van der Waals surface area (Å²) in [6, 6.07) is 11.9. The molecule has 0 fully saturated rings. The van der Waals surface area contributed by atoms with Gasteiger partial charge in [0, 0.05) is 11.9 Å². The number of nitrogens with zero attached hydrogens (tertiary/aromatic N) is 1. The van der Waals surface area contributed by atoms with E-state index in [0.29, 0.717) is 17.0 Å². The number of rotatable bonds is 4. The Morgan fingerprint density at radius 3 is 2.71 bits per heavy atom. The van der Waals surface area contributed by atoms with E-state index in [1.54, 1.807) is 18.3 Å². The molecule has 0 atom stereocenters. The molecule has 0 saturated carbocycles. The molecule has 0 aliphatic carbocycles. The number of aromatic amines is 1. The first-order chi connectivity index (χ1) is 10.2. The summed E-state index contributed by atoms with van der Waals surface area (Å²) >= 11 is 5.87. The molecular formula is C16H14ClN3O. The summed E-state index contributed by atoms with van der Waals surface area (Å²) < 4.78 is 0. The smallest absolute Gasteiger partial charge is 0.273 e. The van der Waals surface area contributed by atoms with E-state index < -0.39 is 0 Å². The second-order valence-corrected chi connectivity index (χ2v) is 5.25. The van der Waals surface area contributed by atoms with Crippen LogP contribution in [-0.2, 0) is 11.2 Å². The SMILES string of the molecule is O=C1NN=C(CCc2ccccc2)C1=Cc1cc(Cl)c[nH]1. The van der Waals surface area contributed by atoms with Gasteiger partial charge in [0.2, 0.25) is 0 Å². The van der Waals surface area contributed by atoms with Crippen molar-refractivity contribution in [3.63, 3.8) is 0 Å². The lowest BCUT2D eigenvalue weighted by atomic mass is 10.0. The molecule has 1 aromatic heterocycles. The molecular weight excluding hydrogens is 286 g/mol. The number of H-pyrrole nitrogens is 1. The minimum absolute atomic E-state index is 0.177. The van der Waals surface area contributed by atoms with Gasteiger partial charge in [-0.25, -0.2) is 5.43 Å². The van der Waals surface area contributed by atoms with Crippen molar-refractivity contribution >= 4 is 29.3 Å². The molecule has 2 heterocycles. The molecule has 0 radical (unpaired) electrons. The second kappa shape index (κ2) is 5.97. The monoisotopic (exact) mass is 299 g/mol. The molecule has 0 spiro atoms. The average molecular weight is 300 g/mol. The van der Waals surface area contributed by atoms with Gasteiger partial charge in [-0.3, -0.25) is 4.79 Å². The number of aromatic nitrogens is 1. The molecule has 4 nitrogen and oxygen atoms in total. The van der Waals surface area contributed by atoms with Crippen molar-refractivity contribution in [2.24, 2.45) is 5.10 Å². The van der Waals surface area contributed by atoms with Gasteiger partial charge in [-0.15, -0.1) is 0 Å². The number of carbonyl (C=O) groups is 1. The molecule has 5 heteroatoms. The number of benzene rings is 1. The van der Waals surface area contributed by atoms with E-state index in [0.717, 1.165) is 17.8 Å². The van der Waals surface area contributed by atoms with E-state index in [-0.39, 0.29) is 5.91 Å². The molecule has 106 valence electrons. The van der Waals surface area contributed by atoms with Gasteiger partial charge in [0.25, 0.3) is 5.91 Å². The van der Waals surface area contributed by atoms with E-state index in [1.165, 1.54) is 5.56 Å². The zero-order chi connectivity index (χ0) is 14.7. The first-order valence-electron chi connectivity index (χ1n) is 6.69. The van der Waals surface area contributed by atoms with Gasteiger partial charge in [0.05, 0.1) is 16.3 Å². The van der Waals surface area contributed by atoms with Gasteiger partial charge in [0.15, 0.2) is 0 Å². The Hall–Kier alpha value is -2.33. The summed E-state index contributed by atoms with van der Waals surface area (Å²) in [4.78, 5) is 14.9. The highest BCUT2D eigenvalue weighted by Gasteiger charge is 2.22. The summed E-state index contributed by atoms with van der Waals surface area (Å²) in [6.45, 7) is 0. The van der Waals surface area contributed by atoms with Crippen LogP contribution >= 0.6 is 11.6 Å². The van der Waals surface area contributed by atoms with Crippen molar-refractivity contribution in [2.45, 2.75) is 12.8 Å². The van der Waals surface area contributed by atoms with Crippen LogP contribution in [0.2, 0.25) is 5.02 Å². The van der Waals surface area contributed by atoms with Crippen LogP contribution in [0.1, 0.15) is 17.7 Å². The summed E-state index contributed by atoms with van der Waals surface area (Å²) in [6.07, 6.45) is 5.01. The molecule has 2 aromatic rings. The number of hydrazone groups is 1. The lowest BCUT2D eigenvalue weighted by Crippen LogP contribution is -2.13. The van der Waals surface area contributed by atoms with E-state index in [1.807, 2.05) is 18.2 Å². The minimum Gasteiger partial charge on any atom is -0.360 e. The third-order valence-corrected chi connectivity index (χ3v) is 3.53. The Kier molecular flexibility index (Phi) is 3.88. The Morgan fingerprint density at radius 2 is 2.00 bits per heavy atom. The summed E-state index contributed by atoms with van der Waals surface area (Å²) in [5, 5.41) is 4.73. The molecule has 1 amide bonds. The third kappa shape index (κ3) is 3.23. The van der Waals surface area contributed by atoms with Crippen molar-refractivity contribution in [2.75, 3.05) is 0 Å². The first kappa shape index (κ1) is 13.6. The second-order valence-electron chi connectivity index (χ2n) is 4.82. The number of aryl methyl sites for hydroxylation is 1. The van der Waals surface area contributed by atoms with Crippen LogP contribution in [0.3, 0.4) is 0 Å². The molecule has 3 rings (SSSR count). The molecule has 1 aliphatic heterocycles. The van der Waals surface area contributed by atoms with Crippen molar-refractivity contribution in [1.29, 1.82) is 0 Å². The molecule has 21 heavy (non-hydrogen) atoms. The van der Waals surface area contributed by atoms with Gasteiger partial charge in [-0.05, 0) is 30.5 Å². The Labute approximate surface area is 127 Å². The molecule has 0 unspecified atom stereocenters. The van der Waals surface area contributed by atoms with E-state index in [9.17, 15) is 4.79 Å². The maximum Gasteiger partial charge on any atom is 0.273 e. The van der Waals surface area contributed by atoms with Crippen LogP contribution in [0.5, 0.6) is 0 Å². The van der Waals surface area contributed by atoms with E-state index in [2.05, 4.69) is 27.6 Å². The van der Waals surface area contributed by atoms with Crippen molar-refractivity contribution in [1.82, 2.24) is 10.4 Å². The quantitative estimate of drug-likeness (QED) is 0.837. The highest BCUT2D eigenvalue weighted by Crippen LogP contribution is 2.18. The summed E-state index contributed by atoms with van der Waals surface area (Å²) in [5.74, 6) is -0.177. The van der Waals surface area contributed by atoms with Gasteiger partial charge >= 0.3 is 0 Å². The molecule has 1 aliphatic rings. The average Bonchev–Trinajstić information content (AvgIpc) is 3.06. The number of hydrogen-bond donors (Lipinski definition) is 2. The predicted octanol–water partition coefficient (Wildman–Crippen LogP) is 3.17. The van der Waals surface area contributed by atoms with Gasteiger partial charge in [-0.1, -0.05) is 41.9 Å². The number of nitrogens with one attached hydrogen (secondary N) is 2. The Morgan fingerprint density at radius 1 is 1.19 bits per heavy atom. The third-order valence-electron chi connectivity index (χ3n) is 3.31. The molecule has 0 bridgehead atoms. The number of amides is 1. The van der Waals surface area contributed by atoms with Crippen molar-refractivity contribution in [3.8, 4) is 0 Å². The number of carbonyl (C=O) groups excluding carboxylic acids is 1. The fourth-order valence-electron chi connectivity index (χ4n) is 2.24. The lowest BCUT2D eigenvalue weighted by molar-refractivity contribution is -0.116. The normalized spacial score (nSPS) is 16.1.